The van der Waals surface area contributed by atoms with Crippen LogP contribution in [0.5, 0.6) is 0 Å². The minimum Gasteiger partial charge on any atom is -0.301 e. The van der Waals surface area contributed by atoms with Gasteiger partial charge in [-0.15, -0.1) is 4.67 Å². The third-order valence-electron chi connectivity index (χ3n) is 2.19. The number of rotatable bonds is 8. The molecule has 96 valence electrons. The molecular weight excluding hydrogens is 243 g/mol. The zero-order valence-electron chi connectivity index (χ0n) is 9.49. The van der Waals surface area contributed by atoms with Gasteiger partial charge in [0.25, 0.3) is 0 Å². The Kier molecular flexibility index (Phi) is 6.40. The molecule has 0 unspecified atom stereocenters. The van der Waals surface area contributed by atoms with E-state index in [1.165, 1.54) is 5.56 Å². The Morgan fingerprint density at radius 1 is 1.06 bits per heavy atom. The van der Waals surface area contributed by atoms with E-state index in [2.05, 4.69) is 21.7 Å². The van der Waals surface area contributed by atoms with Gasteiger partial charge in [-0.25, -0.2) is 9.45 Å². The van der Waals surface area contributed by atoms with Crippen molar-refractivity contribution in [3.63, 3.8) is 0 Å². The van der Waals surface area contributed by atoms with Crippen molar-refractivity contribution in [3.8, 4) is 0 Å². The first-order valence-corrected chi connectivity index (χ1v) is 7.02. The Morgan fingerprint density at radius 3 is 2.41 bits per heavy atom. The summed E-state index contributed by atoms with van der Waals surface area (Å²) in [6.45, 7) is 0.194. The first-order chi connectivity index (χ1) is 8.08. The van der Waals surface area contributed by atoms with Crippen molar-refractivity contribution < 1.29 is 23.9 Å². The Hall–Kier alpha value is -0.710. The fraction of sp³-hybridized carbons (Fsp3) is 0.455. The number of hydrogen-bond donors (Lipinski definition) is 2. The molecule has 2 N–H and O–H groups in total. The van der Waals surface area contributed by atoms with E-state index in [4.69, 9.17) is 9.79 Å². The largest absolute Gasteiger partial charge is 0.496 e. The molecule has 0 saturated heterocycles. The van der Waals surface area contributed by atoms with Gasteiger partial charge in [-0.05, 0) is 24.8 Å². The van der Waals surface area contributed by atoms with E-state index in [-0.39, 0.29) is 6.61 Å². The number of benzene rings is 1. The van der Waals surface area contributed by atoms with Crippen LogP contribution in [0.2, 0.25) is 0 Å². The molecular formula is C11H17O5P. The minimum atomic E-state index is -4.49. The average molecular weight is 260 g/mol. The Balaban J connectivity index is 1.97. The van der Waals surface area contributed by atoms with Crippen molar-refractivity contribution in [1.82, 2.24) is 0 Å². The van der Waals surface area contributed by atoms with Crippen LogP contribution in [0.25, 0.3) is 0 Å². The van der Waals surface area contributed by atoms with E-state index in [1.54, 1.807) is 0 Å². The summed E-state index contributed by atoms with van der Waals surface area (Å²) in [7, 11) is -4.49. The smallest absolute Gasteiger partial charge is 0.301 e. The highest BCUT2D eigenvalue weighted by Gasteiger charge is 2.14. The predicted octanol–water partition coefficient (Wildman–Crippen LogP) is 2.44. The predicted molar refractivity (Wildman–Crippen MR) is 63.1 cm³/mol. The van der Waals surface area contributed by atoms with E-state index in [1.807, 2.05) is 18.2 Å². The second-order valence-electron chi connectivity index (χ2n) is 3.68. The second-order valence-corrected chi connectivity index (χ2v) is 4.81. The van der Waals surface area contributed by atoms with Gasteiger partial charge in [0.15, 0.2) is 0 Å². The molecule has 0 aliphatic carbocycles. The normalized spacial score (nSPS) is 11.6. The van der Waals surface area contributed by atoms with Crippen LogP contribution in [-0.2, 0) is 20.5 Å². The number of aryl methyl sites for hydroxylation is 1. The van der Waals surface area contributed by atoms with Crippen molar-refractivity contribution in [2.45, 2.75) is 25.7 Å². The molecule has 0 amide bonds. The van der Waals surface area contributed by atoms with Crippen LogP contribution in [0.3, 0.4) is 0 Å². The quantitative estimate of drug-likeness (QED) is 0.325. The standard InChI is InChI=1S/C11H17O5P/c12-17(13,14)16-15-10-6-2-5-9-11-7-3-1-4-8-11/h1,3-4,7-8H,2,5-6,9-10H2,(H2,12,13,14). The molecule has 17 heavy (non-hydrogen) atoms. The highest BCUT2D eigenvalue weighted by molar-refractivity contribution is 7.46. The number of phosphoric acid groups is 1. The molecule has 0 saturated carbocycles. The summed E-state index contributed by atoms with van der Waals surface area (Å²) in [6, 6.07) is 10.1. The maximum absolute atomic E-state index is 10.3. The molecule has 0 bridgehead atoms. The molecule has 0 atom stereocenters. The highest BCUT2D eigenvalue weighted by atomic mass is 31.2. The molecule has 1 aromatic rings. The van der Waals surface area contributed by atoms with E-state index < -0.39 is 7.82 Å². The molecule has 0 spiro atoms. The third-order valence-corrected chi connectivity index (χ3v) is 2.49. The van der Waals surface area contributed by atoms with Crippen LogP contribution in [-0.4, -0.2) is 16.4 Å². The molecule has 0 aliphatic heterocycles. The van der Waals surface area contributed by atoms with Gasteiger partial charge >= 0.3 is 7.82 Å². The lowest BCUT2D eigenvalue weighted by molar-refractivity contribution is -0.222. The molecule has 0 aromatic heterocycles. The third kappa shape index (κ3) is 8.07. The first kappa shape index (κ1) is 14.4. The topological polar surface area (TPSA) is 76.0 Å². The van der Waals surface area contributed by atoms with Crippen molar-refractivity contribution >= 4 is 7.82 Å². The lowest BCUT2D eigenvalue weighted by Gasteiger charge is -2.04. The van der Waals surface area contributed by atoms with Crippen LogP contribution < -0.4 is 0 Å². The van der Waals surface area contributed by atoms with Crippen molar-refractivity contribution in [1.29, 1.82) is 0 Å². The van der Waals surface area contributed by atoms with Gasteiger partial charge in [-0.2, -0.15) is 0 Å². The average Bonchev–Trinajstić information content (AvgIpc) is 2.28. The monoisotopic (exact) mass is 260 g/mol. The SMILES string of the molecule is O=P(O)(O)OOCCCCCc1ccccc1. The Morgan fingerprint density at radius 2 is 1.76 bits per heavy atom. The number of unbranched alkanes of at least 4 members (excludes halogenated alkanes) is 2. The molecule has 0 radical (unpaired) electrons. The zero-order valence-corrected chi connectivity index (χ0v) is 10.4. The first-order valence-electron chi connectivity index (χ1n) is 5.48. The molecule has 6 heteroatoms. The fourth-order valence-electron chi connectivity index (χ4n) is 1.42. The summed E-state index contributed by atoms with van der Waals surface area (Å²) < 4.78 is 14.1. The fourth-order valence-corrected chi connectivity index (χ4v) is 1.63. The minimum absolute atomic E-state index is 0.194. The summed E-state index contributed by atoms with van der Waals surface area (Å²) in [5.74, 6) is 0. The van der Waals surface area contributed by atoms with Gasteiger partial charge in [-0.3, -0.25) is 0 Å². The van der Waals surface area contributed by atoms with Gasteiger partial charge < -0.3 is 9.79 Å². The zero-order chi connectivity index (χ0) is 12.6. The van der Waals surface area contributed by atoms with Crippen molar-refractivity contribution in [2.75, 3.05) is 6.61 Å². The summed E-state index contributed by atoms with van der Waals surface area (Å²) in [5, 5.41) is 0. The maximum atomic E-state index is 10.3. The molecule has 0 aliphatic rings. The van der Waals surface area contributed by atoms with Crippen LogP contribution >= 0.6 is 7.82 Å². The summed E-state index contributed by atoms with van der Waals surface area (Å²) in [5.41, 5.74) is 1.29. The molecule has 1 aromatic carbocycles. The lowest BCUT2D eigenvalue weighted by atomic mass is 10.1. The van der Waals surface area contributed by atoms with Gasteiger partial charge in [0.2, 0.25) is 0 Å². The van der Waals surface area contributed by atoms with Gasteiger partial charge in [0.05, 0.1) is 6.61 Å². The van der Waals surface area contributed by atoms with Crippen LogP contribution in [0.15, 0.2) is 30.3 Å². The number of hydrogen-bond acceptors (Lipinski definition) is 3. The van der Waals surface area contributed by atoms with Gasteiger partial charge in [0.1, 0.15) is 0 Å². The Labute approximate surface area is 101 Å². The van der Waals surface area contributed by atoms with E-state index in [9.17, 15) is 4.57 Å². The van der Waals surface area contributed by atoms with Crippen molar-refractivity contribution in [2.24, 2.45) is 0 Å². The molecule has 0 heterocycles. The second kappa shape index (κ2) is 7.58. The summed E-state index contributed by atoms with van der Waals surface area (Å²) >= 11 is 0. The Bertz CT molecular complexity index is 348. The summed E-state index contributed by atoms with van der Waals surface area (Å²) in [4.78, 5) is 21.1. The van der Waals surface area contributed by atoms with Crippen LogP contribution in [0, 0.1) is 0 Å². The van der Waals surface area contributed by atoms with E-state index >= 15 is 0 Å². The van der Waals surface area contributed by atoms with Crippen molar-refractivity contribution in [3.05, 3.63) is 35.9 Å². The van der Waals surface area contributed by atoms with Gasteiger partial charge in [-0.1, -0.05) is 36.8 Å². The van der Waals surface area contributed by atoms with Crippen LogP contribution in [0.4, 0.5) is 0 Å². The van der Waals surface area contributed by atoms with E-state index in [0.29, 0.717) is 6.42 Å². The molecule has 5 nitrogen and oxygen atoms in total. The lowest BCUT2D eigenvalue weighted by Crippen LogP contribution is -1.95. The highest BCUT2D eigenvalue weighted by Crippen LogP contribution is 2.35. The van der Waals surface area contributed by atoms with Gasteiger partial charge in [0, 0.05) is 0 Å². The van der Waals surface area contributed by atoms with Crippen LogP contribution in [0.1, 0.15) is 24.8 Å². The molecule has 0 fully saturated rings. The summed E-state index contributed by atoms with van der Waals surface area (Å²) in [6.07, 6.45) is 3.66. The molecule has 1 rings (SSSR count). The van der Waals surface area contributed by atoms with E-state index in [0.717, 1.165) is 19.3 Å². The maximum Gasteiger partial charge on any atom is 0.496 e.